The van der Waals surface area contributed by atoms with Crippen LogP contribution in [0.5, 0.6) is 0 Å². The molecule has 0 aliphatic carbocycles. The van der Waals surface area contributed by atoms with Gasteiger partial charge in [-0.1, -0.05) is 12.1 Å². The van der Waals surface area contributed by atoms with E-state index in [9.17, 15) is 18.0 Å². The van der Waals surface area contributed by atoms with E-state index in [1.54, 1.807) is 12.1 Å². The van der Waals surface area contributed by atoms with Gasteiger partial charge in [-0.15, -0.1) is 0 Å². The van der Waals surface area contributed by atoms with Crippen LogP contribution in [0.25, 0.3) is 0 Å². The van der Waals surface area contributed by atoms with Crippen molar-refractivity contribution in [1.29, 1.82) is 0 Å². The number of nitrogens with one attached hydrogen (secondary N) is 1. The summed E-state index contributed by atoms with van der Waals surface area (Å²) in [6.07, 6.45) is 0.791. The summed E-state index contributed by atoms with van der Waals surface area (Å²) >= 11 is -0.137. The van der Waals surface area contributed by atoms with Crippen molar-refractivity contribution >= 4 is 23.4 Å². The first kappa shape index (κ1) is 15.7. The van der Waals surface area contributed by atoms with Crippen LogP contribution in [0.2, 0.25) is 0 Å². The van der Waals surface area contributed by atoms with Crippen molar-refractivity contribution in [1.82, 2.24) is 5.32 Å². The topological polar surface area (TPSA) is 55.1 Å². The van der Waals surface area contributed by atoms with Crippen LogP contribution >= 0.6 is 11.8 Å². The maximum atomic E-state index is 11.8. The Balaban J connectivity index is 2.16. The lowest BCUT2D eigenvalue weighted by Crippen LogP contribution is -2.26. The van der Waals surface area contributed by atoms with E-state index in [0.29, 0.717) is 12.1 Å². The van der Waals surface area contributed by atoms with Crippen LogP contribution in [0, 0.1) is 0 Å². The molecule has 1 aromatic rings. The van der Waals surface area contributed by atoms with Crippen molar-refractivity contribution in [3.8, 4) is 0 Å². The van der Waals surface area contributed by atoms with Gasteiger partial charge in [0.2, 0.25) is 5.91 Å². The van der Waals surface area contributed by atoms with Crippen molar-refractivity contribution in [3.05, 3.63) is 29.8 Å². The molecule has 106 valence electrons. The van der Waals surface area contributed by atoms with E-state index in [2.05, 4.69) is 5.32 Å². The molecule has 0 unspecified atom stereocenters. The number of hydrogen-bond acceptors (Lipinski definition) is 3. The molecule has 1 rings (SSSR count). The number of nitrogens with two attached hydrogens (primary N) is 1. The van der Waals surface area contributed by atoms with Crippen LogP contribution < -0.4 is 11.1 Å². The lowest BCUT2D eigenvalue weighted by Gasteiger charge is -2.07. The van der Waals surface area contributed by atoms with Crippen LogP contribution in [0.15, 0.2) is 24.3 Å². The van der Waals surface area contributed by atoms with Gasteiger partial charge < -0.3 is 11.1 Å². The van der Waals surface area contributed by atoms with Gasteiger partial charge in [-0.25, -0.2) is 0 Å². The predicted octanol–water partition coefficient (Wildman–Crippen LogP) is 2.57. The van der Waals surface area contributed by atoms with E-state index in [1.807, 2.05) is 12.1 Å². The lowest BCUT2D eigenvalue weighted by atomic mass is 10.1. The zero-order valence-corrected chi connectivity index (χ0v) is 11.0. The third-order valence-corrected chi connectivity index (χ3v) is 3.05. The second-order valence-electron chi connectivity index (χ2n) is 3.89. The third kappa shape index (κ3) is 7.61. The first-order valence-corrected chi connectivity index (χ1v) is 6.67. The molecule has 0 radical (unpaired) electrons. The van der Waals surface area contributed by atoms with E-state index < -0.39 is 5.51 Å². The third-order valence-electron chi connectivity index (χ3n) is 2.31. The highest BCUT2D eigenvalue weighted by Crippen LogP contribution is 2.29. The number of carbonyl (C=O) groups is 1. The Kier molecular flexibility index (Phi) is 6.01. The molecule has 7 heteroatoms. The number of aryl methyl sites for hydroxylation is 1. The maximum absolute atomic E-state index is 11.8. The molecule has 0 saturated carbocycles. The average Bonchev–Trinajstić information content (AvgIpc) is 2.33. The van der Waals surface area contributed by atoms with Gasteiger partial charge in [0, 0.05) is 24.4 Å². The Morgan fingerprint density at radius 1 is 1.26 bits per heavy atom. The number of thioether (sulfide) groups is 1. The number of benzene rings is 1. The molecule has 19 heavy (non-hydrogen) atoms. The van der Waals surface area contributed by atoms with Crippen LogP contribution in [0.4, 0.5) is 18.9 Å². The van der Waals surface area contributed by atoms with Crippen molar-refractivity contribution < 1.29 is 18.0 Å². The molecule has 0 fully saturated rings. The van der Waals surface area contributed by atoms with Gasteiger partial charge in [0.05, 0.1) is 0 Å². The number of amides is 1. The summed E-state index contributed by atoms with van der Waals surface area (Å²) in [6.45, 7) is 0.0186. The minimum Gasteiger partial charge on any atom is -0.399 e. The molecular formula is C12H15F3N2OS. The first-order chi connectivity index (χ1) is 8.87. The van der Waals surface area contributed by atoms with Gasteiger partial charge in [0.15, 0.2) is 0 Å². The highest BCUT2D eigenvalue weighted by molar-refractivity contribution is 8.00. The first-order valence-electron chi connectivity index (χ1n) is 5.68. The van der Waals surface area contributed by atoms with Gasteiger partial charge in [0.1, 0.15) is 0 Å². The van der Waals surface area contributed by atoms with E-state index in [1.165, 1.54) is 0 Å². The standard InChI is InChI=1S/C12H15F3N2OS/c13-12(14,15)19-8-7-17-11(18)6-3-9-1-4-10(16)5-2-9/h1-2,4-5H,3,6-8,16H2,(H,17,18). The molecule has 0 aromatic heterocycles. The van der Waals surface area contributed by atoms with Crippen molar-refractivity contribution in [3.63, 3.8) is 0 Å². The highest BCUT2D eigenvalue weighted by atomic mass is 32.2. The van der Waals surface area contributed by atoms with Gasteiger partial charge in [-0.3, -0.25) is 4.79 Å². The largest absolute Gasteiger partial charge is 0.441 e. The van der Waals surface area contributed by atoms with Crippen LogP contribution in [0.1, 0.15) is 12.0 Å². The molecule has 1 aromatic carbocycles. The van der Waals surface area contributed by atoms with E-state index in [-0.39, 0.29) is 36.4 Å². The Morgan fingerprint density at radius 2 is 1.89 bits per heavy atom. The maximum Gasteiger partial charge on any atom is 0.441 e. The summed E-state index contributed by atoms with van der Waals surface area (Å²) in [5.41, 5.74) is 2.90. The molecular weight excluding hydrogens is 277 g/mol. The molecule has 0 aliphatic rings. The van der Waals surface area contributed by atoms with Gasteiger partial charge in [0.25, 0.3) is 0 Å². The van der Waals surface area contributed by atoms with E-state index in [0.717, 1.165) is 5.56 Å². The van der Waals surface area contributed by atoms with Gasteiger partial charge >= 0.3 is 5.51 Å². The number of halogens is 3. The smallest absolute Gasteiger partial charge is 0.399 e. The summed E-state index contributed by atoms with van der Waals surface area (Å²) in [6, 6.07) is 7.13. The summed E-state index contributed by atoms with van der Waals surface area (Å²) in [4.78, 5) is 11.4. The highest BCUT2D eigenvalue weighted by Gasteiger charge is 2.27. The normalized spacial score (nSPS) is 11.3. The molecule has 0 bridgehead atoms. The molecule has 3 N–H and O–H groups in total. The Morgan fingerprint density at radius 3 is 2.47 bits per heavy atom. The number of carbonyl (C=O) groups excluding carboxylic acids is 1. The molecule has 0 atom stereocenters. The second kappa shape index (κ2) is 7.28. The van der Waals surface area contributed by atoms with Gasteiger partial charge in [-0.2, -0.15) is 13.2 Å². The fourth-order valence-electron chi connectivity index (χ4n) is 1.39. The average molecular weight is 292 g/mol. The summed E-state index contributed by atoms with van der Waals surface area (Å²) in [5, 5.41) is 2.45. The fraction of sp³-hybridized carbons (Fsp3) is 0.417. The van der Waals surface area contributed by atoms with Crippen LogP contribution in [-0.2, 0) is 11.2 Å². The molecule has 3 nitrogen and oxygen atoms in total. The van der Waals surface area contributed by atoms with Crippen molar-refractivity contribution in [2.45, 2.75) is 18.3 Å². The number of nitrogen functional groups attached to an aromatic ring is 1. The predicted molar refractivity (Wildman–Crippen MR) is 70.7 cm³/mol. The van der Waals surface area contributed by atoms with Crippen molar-refractivity contribution in [2.75, 3.05) is 18.0 Å². The van der Waals surface area contributed by atoms with E-state index in [4.69, 9.17) is 5.73 Å². The minimum atomic E-state index is -4.24. The van der Waals surface area contributed by atoms with Crippen LogP contribution in [-0.4, -0.2) is 23.7 Å². The van der Waals surface area contributed by atoms with Crippen LogP contribution in [0.3, 0.4) is 0 Å². The molecule has 0 spiro atoms. The molecule has 0 aliphatic heterocycles. The summed E-state index contributed by atoms with van der Waals surface area (Å²) < 4.78 is 35.5. The summed E-state index contributed by atoms with van der Waals surface area (Å²) in [7, 11) is 0. The number of anilines is 1. The lowest BCUT2D eigenvalue weighted by molar-refractivity contribution is -0.120. The molecule has 0 saturated heterocycles. The SMILES string of the molecule is Nc1ccc(CCC(=O)NCCSC(F)(F)F)cc1. The quantitative estimate of drug-likeness (QED) is 0.626. The molecule has 0 heterocycles. The summed E-state index contributed by atoms with van der Waals surface area (Å²) in [5.74, 6) is -0.420. The minimum absolute atomic E-state index is 0.0186. The number of hydrogen-bond donors (Lipinski definition) is 2. The zero-order valence-electron chi connectivity index (χ0n) is 10.2. The number of alkyl halides is 3. The van der Waals surface area contributed by atoms with E-state index >= 15 is 0 Å². The van der Waals surface area contributed by atoms with Gasteiger partial charge in [-0.05, 0) is 35.9 Å². The Hall–Kier alpha value is -1.37. The molecule has 1 amide bonds. The second-order valence-corrected chi connectivity index (χ2v) is 5.05. The Labute approximate surface area is 113 Å². The zero-order chi connectivity index (χ0) is 14.3. The Bertz CT molecular complexity index is 406. The number of rotatable bonds is 6. The monoisotopic (exact) mass is 292 g/mol. The fourth-order valence-corrected chi connectivity index (χ4v) is 1.82. The van der Waals surface area contributed by atoms with Crippen molar-refractivity contribution in [2.24, 2.45) is 0 Å².